The number of carboxylic acids is 1. The smallest absolute Gasteiger partial charge is 0.335 e. The average Bonchev–Trinajstić information content (AvgIpc) is 3.13. The van der Waals surface area contributed by atoms with Gasteiger partial charge in [-0.05, 0) is 59.9 Å². The SMILES string of the molecule is CC(C)(C)CC1NC(C(=O)Nc2ccc(C(=O)O)cc2)C(c2cccc(Cl)c2F)C1(N)c1ccc(Cl)cn1. The molecule has 0 saturated carbocycles. The van der Waals surface area contributed by atoms with Crippen LogP contribution in [0.4, 0.5) is 10.1 Å². The molecule has 10 heteroatoms. The number of amides is 1. The van der Waals surface area contributed by atoms with E-state index in [1.165, 1.54) is 36.5 Å². The van der Waals surface area contributed by atoms with E-state index in [1.54, 1.807) is 24.3 Å². The molecule has 4 unspecified atom stereocenters. The summed E-state index contributed by atoms with van der Waals surface area (Å²) in [5.74, 6) is -3.10. The first-order valence-corrected chi connectivity index (χ1v) is 12.8. The van der Waals surface area contributed by atoms with Crippen LogP contribution < -0.4 is 16.4 Å². The summed E-state index contributed by atoms with van der Waals surface area (Å²) in [5.41, 5.74) is 6.81. The molecule has 1 aromatic heterocycles. The minimum absolute atomic E-state index is 0.0842. The highest BCUT2D eigenvalue weighted by Gasteiger charge is 2.58. The summed E-state index contributed by atoms with van der Waals surface area (Å²) < 4.78 is 15.6. The monoisotopic (exact) mass is 558 g/mol. The summed E-state index contributed by atoms with van der Waals surface area (Å²) in [6.45, 7) is 6.16. The molecule has 1 aliphatic heterocycles. The van der Waals surface area contributed by atoms with Crippen molar-refractivity contribution in [1.29, 1.82) is 0 Å². The number of benzene rings is 2. The van der Waals surface area contributed by atoms with E-state index in [1.807, 2.05) is 0 Å². The first-order chi connectivity index (χ1) is 17.8. The van der Waals surface area contributed by atoms with Crippen LogP contribution in [-0.2, 0) is 10.3 Å². The van der Waals surface area contributed by atoms with Crippen molar-refractivity contribution in [3.8, 4) is 0 Å². The highest BCUT2D eigenvalue weighted by atomic mass is 35.5. The number of carbonyl (C=O) groups is 2. The molecule has 1 saturated heterocycles. The topological polar surface area (TPSA) is 117 Å². The Bertz CT molecular complexity index is 1350. The minimum atomic E-state index is -1.32. The zero-order chi connectivity index (χ0) is 27.8. The van der Waals surface area contributed by atoms with Gasteiger partial charge in [0, 0.05) is 23.8 Å². The maximum absolute atomic E-state index is 15.6. The Balaban J connectivity index is 1.84. The largest absolute Gasteiger partial charge is 0.478 e. The summed E-state index contributed by atoms with van der Waals surface area (Å²) in [6.07, 6.45) is 2.02. The molecule has 0 aliphatic carbocycles. The Morgan fingerprint density at radius 1 is 1.13 bits per heavy atom. The number of aromatic nitrogens is 1. The van der Waals surface area contributed by atoms with Gasteiger partial charge in [-0.25, -0.2) is 9.18 Å². The van der Waals surface area contributed by atoms with E-state index in [2.05, 4.69) is 36.4 Å². The lowest BCUT2D eigenvalue weighted by Crippen LogP contribution is -2.52. The number of hydrogen-bond acceptors (Lipinski definition) is 5. The molecule has 200 valence electrons. The molecular formula is C28H29Cl2FN4O3. The highest BCUT2D eigenvalue weighted by molar-refractivity contribution is 6.31. The quantitative estimate of drug-likeness (QED) is 0.313. The predicted octanol–water partition coefficient (Wildman–Crippen LogP) is 5.58. The number of nitrogens with two attached hydrogens (primary N) is 1. The van der Waals surface area contributed by atoms with E-state index in [4.69, 9.17) is 28.9 Å². The third-order valence-electron chi connectivity index (χ3n) is 6.79. The van der Waals surface area contributed by atoms with Crippen molar-refractivity contribution < 1.29 is 19.1 Å². The highest BCUT2D eigenvalue weighted by Crippen LogP contribution is 2.48. The van der Waals surface area contributed by atoms with Crippen LogP contribution in [0.3, 0.4) is 0 Å². The Morgan fingerprint density at radius 3 is 2.39 bits per heavy atom. The molecule has 2 heterocycles. The summed E-state index contributed by atoms with van der Waals surface area (Å²) in [4.78, 5) is 29.5. The van der Waals surface area contributed by atoms with Crippen molar-refractivity contribution in [2.24, 2.45) is 11.1 Å². The third kappa shape index (κ3) is 5.54. The number of aromatic carboxylic acids is 1. The number of halogens is 3. The molecule has 4 atom stereocenters. The van der Waals surface area contributed by atoms with E-state index < -0.39 is 41.2 Å². The third-order valence-corrected chi connectivity index (χ3v) is 7.31. The van der Waals surface area contributed by atoms with Crippen LogP contribution in [0.2, 0.25) is 10.0 Å². The van der Waals surface area contributed by atoms with E-state index in [9.17, 15) is 14.7 Å². The normalized spacial score (nSPS) is 23.3. The van der Waals surface area contributed by atoms with Crippen LogP contribution in [0.5, 0.6) is 0 Å². The van der Waals surface area contributed by atoms with Gasteiger partial charge in [0.05, 0.1) is 32.9 Å². The van der Waals surface area contributed by atoms with E-state index in [0.717, 1.165) is 0 Å². The second kappa shape index (κ2) is 10.6. The van der Waals surface area contributed by atoms with Crippen molar-refractivity contribution >= 4 is 40.8 Å². The molecule has 0 radical (unpaired) electrons. The molecule has 4 rings (SSSR count). The maximum Gasteiger partial charge on any atom is 0.335 e. The van der Waals surface area contributed by atoms with Crippen molar-refractivity contribution in [3.05, 3.63) is 93.5 Å². The first kappa shape index (κ1) is 28.0. The van der Waals surface area contributed by atoms with Gasteiger partial charge in [-0.2, -0.15) is 0 Å². The van der Waals surface area contributed by atoms with Crippen LogP contribution in [0, 0.1) is 11.2 Å². The van der Waals surface area contributed by atoms with Crippen molar-refractivity contribution in [1.82, 2.24) is 10.3 Å². The van der Waals surface area contributed by atoms with Crippen LogP contribution in [0.1, 0.15) is 54.7 Å². The fourth-order valence-electron chi connectivity index (χ4n) is 5.09. The van der Waals surface area contributed by atoms with E-state index >= 15 is 4.39 Å². The summed E-state index contributed by atoms with van der Waals surface area (Å²) >= 11 is 12.3. The van der Waals surface area contributed by atoms with Crippen molar-refractivity contribution in [2.75, 3.05) is 5.32 Å². The molecule has 5 N–H and O–H groups in total. The molecule has 2 aromatic carbocycles. The minimum Gasteiger partial charge on any atom is -0.478 e. The number of carboxylic acid groups (broad SMARTS) is 1. The summed E-state index contributed by atoms with van der Waals surface area (Å²) in [5, 5.41) is 15.7. The molecular weight excluding hydrogens is 530 g/mol. The van der Waals surface area contributed by atoms with Crippen LogP contribution in [0.25, 0.3) is 0 Å². The number of rotatable bonds is 6. The Labute approximate surface area is 230 Å². The van der Waals surface area contributed by atoms with Crippen molar-refractivity contribution in [3.63, 3.8) is 0 Å². The first-order valence-electron chi connectivity index (χ1n) is 12.1. The van der Waals surface area contributed by atoms with Gasteiger partial charge in [0.2, 0.25) is 5.91 Å². The van der Waals surface area contributed by atoms with Gasteiger partial charge in [0.25, 0.3) is 0 Å². The van der Waals surface area contributed by atoms with E-state index in [0.29, 0.717) is 22.8 Å². The molecule has 38 heavy (non-hydrogen) atoms. The van der Waals surface area contributed by atoms with Gasteiger partial charge in [-0.3, -0.25) is 9.78 Å². The second-order valence-corrected chi connectivity index (χ2v) is 11.6. The lowest BCUT2D eigenvalue weighted by Gasteiger charge is -2.38. The van der Waals surface area contributed by atoms with Gasteiger partial charge in [0.1, 0.15) is 5.82 Å². The maximum atomic E-state index is 15.6. The molecule has 1 fully saturated rings. The number of nitrogens with one attached hydrogen (secondary N) is 2. The van der Waals surface area contributed by atoms with Gasteiger partial charge >= 0.3 is 5.97 Å². The lowest BCUT2D eigenvalue weighted by atomic mass is 9.70. The van der Waals surface area contributed by atoms with Crippen LogP contribution in [0.15, 0.2) is 60.8 Å². The Kier molecular flexibility index (Phi) is 7.81. The number of pyridine rings is 1. The standard InChI is InChI=1S/C28H29Cl2FN4O3/c1-27(2,3)13-21-28(32,20-12-9-16(29)14-33-20)22(18-5-4-6-19(30)23(18)31)24(35-21)25(36)34-17-10-7-15(8-11-17)26(37)38/h4-12,14,21-22,24,35H,13,32H2,1-3H3,(H,34,36)(H,37,38). The molecule has 7 nitrogen and oxygen atoms in total. The molecule has 1 aliphatic rings. The fraction of sp³-hybridized carbons (Fsp3) is 0.321. The number of carbonyl (C=O) groups excluding carboxylic acids is 1. The average molecular weight is 559 g/mol. The van der Waals surface area contributed by atoms with Crippen LogP contribution >= 0.6 is 23.2 Å². The van der Waals surface area contributed by atoms with Gasteiger partial charge < -0.3 is 21.5 Å². The van der Waals surface area contributed by atoms with Gasteiger partial charge in [0.15, 0.2) is 0 Å². The van der Waals surface area contributed by atoms with Crippen molar-refractivity contribution in [2.45, 2.75) is 50.7 Å². The van der Waals surface area contributed by atoms with Gasteiger partial charge in [-0.15, -0.1) is 0 Å². The van der Waals surface area contributed by atoms with Crippen LogP contribution in [-0.4, -0.2) is 34.1 Å². The second-order valence-electron chi connectivity index (χ2n) is 10.7. The van der Waals surface area contributed by atoms with E-state index in [-0.39, 0.29) is 21.6 Å². The molecule has 0 spiro atoms. The Morgan fingerprint density at radius 2 is 1.82 bits per heavy atom. The Hall–Kier alpha value is -3.04. The van der Waals surface area contributed by atoms with Gasteiger partial charge in [-0.1, -0.05) is 56.1 Å². The molecule has 0 bridgehead atoms. The summed E-state index contributed by atoms with van der Waals surface area (Å²) in [7, 11) is 0. The molecule has 1 amide bonds. The molecule has 3 aromatic rings. The number of nitrogens with zero attached hydrogens (tertiary/aromatic N) is 1. The zero-order valence-corrected chi connectivity index (χ0v) is 22.6. The lowest BCUT2D eigenvalue weighted by molar-refractivity contribution is -0.118. The number of anilines is 1. The predicted molar refractivity (Wildman–Crippen MR) is 146 cm³/mol. The fourth-order valence-corrected chi connectivity index (χ4v) is 5.39. The zero-order valence-electron chi connectivity index (χ0n) is 21.1. The number of hydrogen-bond donors (Lipinski definition) is 4. The summed E-state index contributed by atoms with van der Waals surface area (Å²) in [6, 6.07) is 12.3.